The zero-order valence-corrected chi connectivity index (χ0v) is 11.9. The molecule has 1 aromatic heterocycles. The predicted molar refractivity (Wildman–Crippen MR) is 79.7 cm³/mol. The van der Waals surface area contributed by atoms with Crippen LogP contribution in [0, 0.1) is 0 Å². The van der Waals surface area contributed by atoms with E-state index in [9.17, 15) is 0 Å². The fourth-order valence-electron chi connectivity index (χ4n) is 2.99. The Bertz CT molecular complexity index is 559. The highest BCUT2D eigenvalue weighted by atomic mass is 32.2. The molecule has 2 N–H and O–H groups in total. The average molecular weight is 260 g/mol. The summed E-state index contributed by atoms with van der Waals surface area (Å²) < 4.78 is 0. The topological polar surface area (TPSA) is 27.8 Å². The zero-order valence-electron chi connectivity index (χ0n) is 11.0. The maximum absolute atomic E-state index is 3.66. The Hall–Kier alpha value is -0.930. The van der Waals surface area contributed by atoms with Gasteiger partial charge in [-0.2, -0.15) is 0 Å². The van der Waals surface area contributed by atoms with Crippen molar-refractivity contribution in [2.75, 3.05) is 19.3 Å². The highest BCUT2D eigenvalue weighted by Crippen LogP contribution is 2.42. The molecule has 3 rings (SSSR count). The van der Waals surface area contributed by atoms with Gasteiger partial charge < -0.3 is 10.3 Å². The van der Waals surface area contributed by atoms with E-state index in [0.29, 0.717) is 5.92 Å². The quantitative estimate of drug-likeness (QED) is 0.883. The minimum atomic E-state index is 0.659. The number of aromatic nitrogens is 1. The number of thioether (sulfide) groups is 1. The van der Waals surface area contributed by atoms with Gasteiger partial charge in [0.2, 0.25) is 0 Å². The molecule has 0 amide bonds. The van der Waals surface area contributed by atoms with Crippen molar-refractivity contribution in [3.8, 4) is 0 Å². The molecular weight excluding hydrogens is 240 g/mol. The maximum atomic E-state index is 3.66. The summed E-state index contributed by atoms with van der Waals surface area (Å²) in [4.78, 5) is 3.66. The first-order chi connectivity index (χ1) is 8.85. The molecule has 0 radical (unpaired) electrons. The number of H-pyrrole nitrogens is 1. The van der Waals surface area contributed by atoms with Crippen LogP contribution in [0.25, 0.3) is 10.9 Å². The van der Waals surface area contributed by atoms with Gasteiger partial charge >= 0.3 is 0 Å². The van der Waals surface area contributed by atoms with Gasteiger partial charge in [0.05, 0.1) is 5.03 Å². The van der Waals surface area contributed by atoms with Crippen LogP contribution in [0.1, 0.15) is 30.4 Å². The third-order valence-corrected chi connectivity index (χ3v) is 4.93. The summed E-state index contributed by atoms with van der Waals surface area (Å²) in [6.45, 7) is 3.31. The molecule has 0 fully saturated rings. The van der Waals surface area contributed by atoms with Gasteiger partial charge in [-0.3, -0.25) is 0 Å². The molecule has 1 atom stereocenters. The second-order valence-corrected chi connectivity index (χ2v) is 6.06. The van der Waals surface area contributed by atoms with Crippen molar-refractivity contribution in [3.05, 3.63) is 29.3 Å². The fraction of sp³-hybridized carbons (Fsp3) is 0.467. The van der Waals surface area contributed by atoms with Crippen molar-refractivity contribution in [1.82, 2.24) is 10.3 Å². The molecule has 1 aromatic carbocycles. The van der Waals surface area contributed by atoms with Gasteiger partial charge in [0.15, 0.2) is 0 Å². The molecule has 96 valence electrons. The van der Waals surface area contributed by atoms with Crippen LogP contribution < -0.4 is 5.32 Å². The summed E-state index contributed by atoms with van der Waals surface area (Å²) >= 11 is 1.98. The van der Waals surface area contributed by atoms with Crippen LogP contribution in [0.4, 0.5) is 0 Å². The van der Waals surface area contributed by atoms with Crippen LogP contribution in [0.15, 0.2) is 23.2 Å². The minimum Gasteiger partial charge on any atom is -0.349 e. The molecule has 1 unspecified atom stereocenters. The molecule has 0 aliphatic carbocycles. The summed E-state index contributed by atoms with van der Waals surface area (Å²) in [5, 5.41) is 6.18. The summed E-state index contributed by atoms with van der Waals surface area (Å²) in [6, 6.07) is 6.71. The molecule has 1 aliphatic rings. The summed E-state index contributed by atoms with van der Waals surface area (Å²) in [7, 11) is 2.05. The van der Waals surface area contributed by atoms with Crippen molar-refractivity contribution in [3.63, 3.8) is 0 Å². The first-order valence-corrected chi connectivity index (χ1v) is 7.74. The van der Waals surface area contributed by atoms with Crippen LogP contribution >= 0.6 is 11.8 Å². The second kappa shape index (κ2) is 4.98. The number of aryl methyl sites for hydroxylation is 1. The van der Waals surface area contributed by atoms with Crippen LogP contribution in [0.3, 0.4) is 0 Å². The largest absolute Gasteiger partial charge is 0.349 e. The average Bonchev–Trinajstić information content (AvgIpc) is 2.78. The number of hydrogen-bond donors (Lipinski definition) is 2. The summed E-state index contributed by atoms with van der Waals surface area (Å²) in [6.07, 6.45) is 2.37. The summed E-state index contributed by atoms with van der Waals surface area (Å²) in [5.74, 6) is 1.89. The maximum Gasteiger partial charge on any atom is 0.0768 e. The standard InChI is InChI=1S/C15H20N2S/c1-3-10-5-4-6-12-13-11(9-16-2)7-8-18-15(13)17-14(10)12/h4-6,11,16-17H,3,7-9H2,1-2H3. The number of aromatic amines is 1. The van der Waals surface area contributed by atoms with Gasteiger partial charge in [-0.05, 0) is 31.0 Å². The van der Waals surface area contributed by atoms with E-state index in [1.54, 1.807) is 5.56 Å². The SMILES string of the molecule is CCc1cccc2c3c([nH]c12)SCCC3CNC. The van der Waals surface area contributed by atoms with E-state index in [0.717, 1.165) is 13.0 Å². The number of likely N-dealkylation sites (N-methyl/N-ethyl adjacent to an activating group) is 1. The lowest BCUT2D eigenvalue weighted by Gasteiger charge is -2.22. The Kier molecular flexibility index (Phi) is 3.35. The molecule has 2 aromatic rings. The van der Waals surface area contributed by atoms with E-state index in [1.165, 1.54) is 33.7 Å². The highest BCUT2D eigenvalue weighted by Gasteiger charge is 2.25. The van der Waals surface area contributed by atoms with Crippen LogP contribution in [-0.4, -0.2) is 24.3 Å². The Morgan fingerprint density at radius 1 is 1.44 bits per heavy atom. The van der Waals surface area contributed by atoms with E-state index in [2.05, 4.69) is 35.4 Å². The Balaban J connectivity index is 2.19. The van der Waals surface area contributed by atoms with Crippen LogP contribution in [0.5, 0.6) is 0 Å². The molecular formula is C15H20N2S. The monoisotopic (exact) mass is 260 g/mol. The number of hydrogen-bond acceptors (Lipinski definition) is 2. The van der Waals surface area contributed by atoms with Crippen LogP contribution in [-0.2, 0) is 6.42 Å². The second-order valence-electron chi connectivity index (χ2n) is 4.95. The Labute approximate surface area is 113 Å². The van der Waals surface area contributed by atoms with Crippen molar-refractivity contribution < 1.29 is 0 Å². The van der Waals surface area contributed by atoms with Gasteiger partial charge in [0.25, 0.3) is 0 Å². The molecule has 0 saturated carbocycles. The molecule has 1 aliphatic heterocycles. The van der Waals surface area contributed by atoms with E-state index in [4.69, 9.17) is 0 Å². The first kappa shape index (κ1) is 12.1. The Morgan fingerprint density at radius 3 is 3.11 bits per heavy atom. The lowest BCUT2D eigenvalue weighted by molar-refractivity contribution is 0.602. The van der Waals surface area contributed by atoms with E-state index < -0.39 is 0 Å². The van der Waals surface area contributed by atoms with Crippen molar-refractivity contribution in [2.24, 2.45) is 0 Å². The van der Waals surface area contributed by atoms with Gasteiger partial charge in [-0.1, -0.05) is 25.1 Å². The van der Waals surface area contributed by atoms with E-state index in [-0.39, 0.29) is 0 Å². The van der Waals surface area contributed by atoms with Crippen molar-refractivity contribution >= 4 is 22.7 Å². The fourth-order valence-corrected chi connectivity index (χ4v) is 4.20. The molecule has 0 spiro atoms. The highest BCUT2D eigenvalue weighted by molar-refractivity contribution is 7.99. The van der Waals surface area contributed by atoms with Gasteiger partial charge in [0, 0.05) is 29.1 Å². The molecule has 2 nitrogen and oxygen atoms in total. The number of rotatable bonds is 3. The van der Waals surface area contributed by atoms with Gasteiger partial charge in [-0.15, -0.1) is 11.8 Å². The molecule has 3 heteroatoms. The molecule has 18 heavy (non-hydrogen) atoms. The third kappa shape index (κ3) is 1.86. The minimum absolute atomic E-state index is 0.659. The van der Waals surface area contributed by atoms with Crippen LogP contribution in [0.2, 0.25) is 0 Å². The zero-order chi connectivity index (χ0) is 12.5. The number of nitrogens with one attached hydrogen (secondary N) is 2. The summed E-state index contributed by atoms with van der Waals surface area (Å²) in [5.41, 5.74) is 4.34. The van der Waals surface area contributed by atoms with Gasteiger partial charge in [0.1, 0.15) is 0 Å². The molecule has 0 bridgehead atoms. The number of benzene rings is 1. The number of para-hydroxylation sites is 1. The molecule has 0 saturated heterocycles. The Morgan fingerprint density at radius 2 is 2.33 bits per heavy atom. The normalized spacial score (nSPS) is 19.1. The lowest BCUT2D eigenvalue weighted by atomic mass is 9.94. The predicted octanol–water partition coefficient (Wildman–Crippen LogP) is 3.53. The lowest BCUT2D eigenvalue weighted by Crippen LogP contribution is -2.20. The molecule has 2 heterocycles. The van der Waals surface area contributed by atoms with E-state index in [1.807, 2.05) is 18.8 Å². The van der Waals surface area contributed by atoms with E-state index >= 15 is 0 Å². The van der Waals surface area contributed by atoms with Gasteiger partial charge in [-0.25, -0.2) is 0 Å². The smallest absolute Gasteiger partial charge is 0.0768 e. The third-order valence-electron chi connectivity index (χ3n) is 3.88. The van der Waals surface area contributed by atoms with Crippen molar-refractivity contribution in [1.29, 1.82) is 0 Å². The van der Waals surface area contributed by atoms with Crippen molar-refractivity contribution in [2.45, 2.75) is 30.7 Å². The first-order valence-electron chi connectivity index (χ1n) is 6.76. The number of fused-ring (bicyclic) bond motifs is 3.